The van der Waals surface area contributed by atoms with Gasteiger partial charge in [0.25, 0.3) is 0 Å². The molecular weight excluding hydrogens is 230 g/mol. The highest BCUT2D eigenvalue weighted by Crippen LogP contribution is 2.08. The van der Waals surface area contributed by atoms with E-state index in [1.54, 1.807) is 6.07 Å². The third kappa shape index (κ3) is 3.31. The minimum absolute atomic E-state index is 0.158. The number of hydrogen-bond donors (Lipinski definition) is 1. The van der Waals surface area contributed by atoms with Crippen LogP contribution in [-0.2, 0) is 6.42 Å². The van der Waals surface area contributed by atoms with E-state index in [9.17, 15) is 4.79 Å². The lowest BCUT2D eigenvalue weighted by atomic mass is 10.2. The number of carboxylic acids is 1. The third-order valence-corrected chi connectivity index (χ3v) is 2.47. The summed E-state index contributed by atoms with van der Waals surface area (Å²) < 4.78 is 5.44. The summed E-state index contributed by atoms with van der Waals surface area (Å²) in [6.45, 7) is 0.517. The van der Waals surface area contributed by atoms with Gasteiger partial charge in [0.2, 0.25) is 5.88 Å². The topological polar surface area (TPSA) is 59.4 Å². The number of ether oxygens (including phenoxy) is 1. The molecule has 1 aromatic heterocycles. The third-order valence-electron chi connectivity index (χ3n) is 2.47. The SMILES string of the molecule is O=C(O)c1ccc(OCCc2ccccc2)nc1. The molecular formula is C14H13NO3. The number of rotatable bonds is 5. The minimum Gasteiger partial charge on any atom is -0.478 e. The normalized spacial score (nSPS) is 10.0. The van der Waals surface area contributed by atoms with Crippen molar-refractivity contribution in [2.24, 2.45) is 0 Å². The molecule has 1 heterocycles. The molecule has 4 heteroatoms. The Balaban J connectivity index is 1.85. The summed E-state index contributed by atoms with van der Waals surface area (Å²) in [5.74, 6) is -0.547. The Bertz CT molecular complexity index is 508. The van der Waals surface area contributed by atoms with Gasteiger partial charge in [0.15, 0.2) is 0 Å². The highest BCUT2D eigenvalue weighted by Gasteiger charge is 2.03. The van der Waals surface area contributed by atoms with E-state index in [4.69, 9.17) is 9.84 Å². The van der Waals surface area contributed by atoms with Crippen LogP contribution in [0.15, 0.2) is 48.7 Å². The Hall–Kier alpha value is -2.36. The lowest BCUT2D eigenvalue weighted by Crippen LogP contribution is -2.03. The van der Waals surface area contributed by atoms with E-state index in [0.29, 0.717) is 12.5 Å². The van der Waals surface area contributed by atoms with Crippen molar-refractivity contribution >= 4 is 5.97 Å². The molecule has 0 aliphatic rings. The molecule has 1 N–H and O–H groups in total. The number of hydrogen-bond acceptors (Lipinski definition) is 3. The number of benzene rings is 1. The van der Waals surface area contributed by atoms with E-state index in [1.165, 1.54) is 17.8 Å². The quantitative estimate of drug-likeness (QED) is 0.876. The monoisotopic (exact) mass is 243 g/mol. The van der Waals surface area contributed by atoms with Crippen molar-refractivity contribution in [2.75, 3.05) is 6.61 Å². The van der Waals surface area contributed by atoms with Crippen molar-refractivity contribution in [3.63, 3.8) is 0 Å². The second-order valence-corrected chi connectivity index (χ2v) is 3.77. The lowest BCUT2D eigenvalue weighted by Gasteiger charge is -2.05. The largest absolute Gasteiger partial charge is 0.478 e. The molecule has 4 nitrogen and oxygen atoms in total. The van der Waals surface area contributed by atoms with Crippen molar-refractivity contribution in [1.29, 1.82) is 0 Å². The highest BCUT2D eigenvalue weighted by atomic mass is 16.5. The second kappa shape index (κ2) is 5.82. The predicted octanol–water partition coefficient (Wildman–Crippen LogP) is 2.40. The van der Waals surface area contributed by atoms with Gasteiger partial charge in [-0.3, -0.25) is 0 Å². The van der Waals surface area contributed by atoms with Gasteiger partial charge in [0.1, 0.15) is 0 Å². The first-order valence-corrected chi connectivity index (χ1v) is 5.62. The standard InChI is InChI=1S/C14H13NO3/c16-14(17)12-6-7-13(15-10-12)18-9-8-11-4-2-1-3-5-11/h1-7,10H,8-9H2,(H,16,17). The van der Waals surface area contributed by atoms with Crippen molar-refractivity contribution in [2.45, 2.75) is 6.42 Å². The molecule has 0 unspecified atom stereocenters. The zero-order valence-corrected chi connectivity index (χ0v) is 9.74. The summed E-state index contributed by atoms with van der Waals surface area (Å²) in [6.07, 6.45) is 2.09. The van der Waals surface area contributed by atoms with Crippen LogP contribution in [0.5, 0.6) is 5.88 Å². The molecule has 0 saturated heterocycles. The van der Waals surface area contributed by atoms with Gasteiger partial charge >= 0.3 is 5.97 Å². The molecule has 1 aromatic carbocycles. The van der Waals surface area contributed by atoms with Crippen LogP contribution in [0.1, 0.15) is 15.9 Å². The maximum absolute atomic E-state index is 10.6. The fourth-order valence-corrected chi connectivity index (χ4v) is 1.51. The molecule has 2 rings (SSSR count). The molecule has 0 radical (unpaired) electrons. The predicted molar refractivity (Wildman–Crippen MR) is 66.8 cm³/mol. The van der Waals surface area contributed by atoms with Crippen LogP contribution >= 0.6 is 0 Å². The van der Waals surface area contributed by atoms with Gasteiger partial charge in [0.05, 0.1) is 12.2 Å². The van der Waals surface area contributed by atoms with Crippen LogP contribution in [0.3, 0.4) is 0 Å². The van der Waals surface area contributed by atoms with Gasteiger partial charge in [-0.15, -0.1) is 0 Å². The summed E-state index contributed by atoms with van der Waals surface area (Å²) in [4.78, 5) is 14.6. The van der Waals surface area contributed by atoms with Crippen molar-refractivity contribution in [3.8, 4) is 5.88 Å². The average Bonchev–Trinajstić information content (AvgIpc) is 2.40. The summed E-state index contributed by atoms with van der Waals surface area (Å²) >= 11 is 0. The van der Waals surface area contributed by atoms with E-state index >= 15 is 0 Å². The van der Waals surface area contributed by atoms with Crippen LogP contribution in [-0.4, -0.2) is 22.7 Å². The van der Waals surface area contributed by atoms with Gasteiger partial charge in [-0.25, -0.2) is 9.78 Å². The maximum Gasteiger partial charge on any atom is 0.337 e. The van der Waals surface area contributed by atoms with Crippen LogP contribution < -0.4 is 4.74 Å². The molecule has 0 amide bonds. The number of carboxylic acid groups (broad SMARTS) is 1. The van der Waals surface area contributed by atoms with Crippen LogP contribution in [0, 0.1) is 0 Å². The molecule has 0 bridgehead atoms. The summed E-state index contributed by atoms with van der Waals surface area (Å²) in [6, 6.07) is 13.0. The van der Waals surface area contributed by atoms with Crippen molar-refractivity contribution in [3.05, 3.63) is 59.8 Å². The molecule has 0 atom stereocenters. The number of carbonyl (C=O) groups is 1. The van der Waals surface area contributed by atoms with Gasteiger partial charge in [0, 0.05) is 18.7 Å². The summed E-state index contributed by atoms with van der Waals surface area (Å²) in [5, 5.41) is 8.72. The van der Waals surface area contributed by atoms with Gasteiger partial charge in [-0.1, -0.05) is 30.3 Å². The van der Waals surface area contributed by atoms with E-state index in [-0.39, 0.29) is 5.56 Å². The first kappa shape index (κ1) is 12.1. The van der Waals surface area contributed by atoms with Crippen molar-refractivity contribution in [1.82, 2.24) is 4.98 Å². The zero-order valence-electron chi connectivity index (χ0n) is 9.74. The highest BCUT2D eigenvalue weighted by molar-refractivity contribution is 5.87. The smallest absolute Gasteiger partial charge is 0.337 e. The van der Waals surface area contributed by atoms with E-state index in [1.807, 2.05) is 30.3 Å². The molecule has 0 spiro atoms. The Morgan fingerprint density at radius 2 is 1.94 bits per heavy atom. The molecule has 0 aliphatic heterocycles. The molecule has 0 fully saturated rings. The Morgan fingerprint density at radius 3 is 2.56 bits per heavy atom. The number of pyridine rings is 1. The molecule has 18 heavy (non-hydrogen) atoms. The van der Waals surface area contributed by atoms with Crippen molar-refractivity contribution < 1.29 is 14.6 Å². The fourth-order valence-electron chi connectivity index (χ4n) is 1.51. The zero-order chi connectivity index (χ0) is 12.8. The lowest BCUT2D eigenvalue weighted by molar-refractivity contribution is 0.0696. The number of aromatic nitrogens is 1. The first-order chi connectivity index (χ1) is 8.75. The van der Waals surface area contributed by atoms with Crippen LogP contribution in [0.25, 0.3) is 0 Å². The van der Waals surface area contributed by atoms with Crippen LogP contribution in [0.4, 0.5) is 0 Å². The van der Waals surface area contributed by atoms with E-state index in [0.717, 1.165) is 6.42 Å². The Morgan fingerprint density at radius 1 is 1.17 bits per heavy atom. The molecule has 2 aromatic rings. The maximum atomic E-state index is 10.6. The first-order valence-electron chi connectivity index (χ1n) is 5.62. The fraction of sp³-hybridized carbons (Fsp3) is 0.143. The molecule has 92 valence electrons. The molecule has 0 aliphatic carbocycles. The minimum atomic E-state index is -0.988. The van der Waals surface area contributed by atoms with Gasteiger partial charge in [-0.2, -0.15) is 0 Å². The van der Waals surface area contributed by atoms with E-state index < -0.39 is 5.97 Å². The summed E-state index contributed by atoms with van der Waals surface area (Å²) in [5.41, 5.74) is 1.35. The Labute approximate surface area is 105 Å². The van der Waals surface area contributed by atoms with Crippen LogP contribution in [0.2, 0.25) is 0 Å². The summed E-state index contributed by atoms with van der Waals surface area (Å²) in [7, 11) is 0. The second-order valence-electron chi connectivity index (χ2n) is 3.77. The average molecular weight is 243 g/mol. The molecule has 0 saturated carbocycles. The number of aromatic carboxylic acids is 1. The van der Waals surface area contributed by atoms with E-state index in [2.05, 4.69) is 4.98 Å². The number of nitrogens with zero attached hydrogens (tertiary/aromatic N) is 1. The van der Waals surface area contributed by atoms with Gasteiger partial charge in [-0.05, 0) is 11.6 Å². The Kier molecular flexibility index (Phi) is 3.91. The van der Waals surface area contributed by atoms with Gasteiger partial charge < -0.3 is 9.84 Å².